The zero-order valence-electron chi connectivity index (χ0n) is 11.3. The van der Waals surface area contributed by atoms with Crippen molar-refractivity contribution >= 4 is 29.3 Å². The highest BCUT2D eigenvalue weighted by Gasteiger charge is 2.16. The molecule has 7 heteroatoms. The Morgan fingerprint density at radius 3 is 2.70 bits per heavy atom. The number of halogens is 1. The summed E-state index contributed by atoms with van der Waals surface area (Å²) in [5.74, 6) is -1.08. The van der Waals surface area contributed by atoms with Crippen LogP contribution in [0.4, 0.5) is 10.5 Å². The van der Waals surface area contributed by atoms with Crippen molar-refractivity contribution < 1.29 is 19.4 Å². The van der Waals surface area contributed by atoms with Gasteiger partial charge in [0.1, 0.15) is 5.75 Å². The van der Waals surface area contributed by atoms with E-state index in [4.69, 9.17) is 21.4 Å². The zero-order valence-corrected chi connectivity index (χ0v) is 12.0. The molecule has 3 N–H and O–H groups in total. The van der Waals surface area contributed by atoms with E-state index in [1.807, 2.05) is 0 Å². The summed E-state index contributed by atoms with van der Waals surface area (Å²) in [7, 11) is 1.48. The Labute approximate surface area is 122 Å². The van der Waals surface area contributed by atoms with Crippen LogP contribution in [0.25, 0.3) is 0 Å². The van der Waals surface area contributed by atoms with E-state index in [2.05, 4.69) is 10.6 Å². The van der Waals surface area contributed by atoms with Gasteiger partial charge in [-0.15, -0.1) is 0 Å². The predicted octanol–water partition coefficient (Wildman–Crippen LogP) is 2.58. The molecule has 20 heavy (non-hydrogen) atoms. The lowest BCUT2D eigenvalue weighted by Crippen LogP contribution is -2.35. The Morgan fingerprint density at radius 1 is 1.45 bits per heavy atom. The quantitative estimate of drug-likeness (QED) is 0.753. The van der Waals surface area contributed by atoms with Gasteiger partial charge in [-0.25, -0.2) is 4.79 Å². The maximum Gasteiger partial charge on any atom is 0.319 e. The maximum atomic E-state index is 11.7. The second-order valence-corrected chi connectivity index (χ2v) is 4.56. The van der Waals surface area contributed by atoms with Crippen LogP contribution in [-0.2, 0) is 4.79 Å². The summed E-state index contributed by atoms with van der Waals surface area (Å²) >= 11 is 5.84. The van der Waals surface area contributed by atoms with E-state index in [1.165, 1.54) is 7.11 Å². The first-order chi connectivity index (χ1) is 9.47. The molecule has 0 fully saturated rings. The van der Waals surface area contributed by atoms with Crippen LogP contribution in [0.1, 0.15) is 13.3 Å². The van der Waals surface area contributed by atoms with Crippen LogP contribution in [0.3, 0.4) is 0 Å². The van der Waals surface area contributed by atoms with Gasteiger partial charge in [-0.05, 0) is 24.6 Å². The number of urea groups is 1. The largest absolute Gasteiger partial charge is 0.495 e. The van der Waals surface area contributed by atoms with Gasteiger partial charge in [-0.3, -0.25) is 4.79 Å². The minimum absolute atomic E-state index is 0.0561. The third-order valence-electron chi connectivity index (χ3n) is 2.76. The number of amides is 2. The van der Waals surface area contributed by atoms with Crippen LogP contribution in [0.2, 0.25) is 5.02 Å². The van der Waals surface area contributed by atoms with E-state index in [9.17, 15) is 9.59 Å². The first-order valence-corrected chi connectivity index (χ1v) is 6.47. The lowest BCUT2D eigenvalue weighted by atomic mass is 10.1. The Kier molecular flexibility index (Phi) is 6.11. The van der Waals surface area contributed by atoms with E-state index in [-0.39, 0.29) is 6.54 Å². The number of anilines is 1. The van der Waals surface area contributed by atoms with Gasteiger partial charge in [-0.1, -0.05) is 18.5 Å². The summed E-state index contributed by atoms with van der Waals surface area (Å²) in [6, 6.07) is 4.31. The molecule has 0 saturated heterocycles. The molecule has 0 radical (unpaired) electrons. The highest BCUT2D eigenvalue weighted by molar-refractivity contribution is 6.31. The molecule has 0 bridgehead atoms. The number of aliphatic carboxylic acids is 1. The molecule has 0 aliphatic rings. The van der Waals surface area contributed by atoms with Gasteiger partial charge in [0.05, 0.1) is 18.7 Å². The van der Waals surface area contributed by atoms with Crippen molar-refractivity contribution in [2.75, 3.05) is 19.0 Å². The van der Waals surface area contributed by atoms with Crippen molar-refractivity contribution in [2.45, 2.75) is 13.3 Å². The number of ether oxygens (including phenoxy) is 1. The number of hydrogen-bond donors (Lipinski definition) is 3. The molecule has 1 rings (SSSR count). The zero-order chi connectivity index (χ0) is 15.1. The number of methoxy groups -OCH3 is 1. The van der Waals surface area contributed by atoms with Gasteiger partial charge >= 0.3 is 12.0 Å². The number of carboxylic acid groups (broad SMARTS) is 1. The Morgan fingerprint density at radius 2 is 2.15 bits per heavy atom. The fraction of sp³-hybridized carbons (Fsp3) is 0.385. The minimum Gasteiger partial charge on any atom is -0.495 e. The van der Waals surface area contributed by atoms with Gasteiger partial charge in [0, 0.05) is 11.6 Å². The summed E-state index contributed by atoms with van der Waals surface area (Å²) in [5, 5.41) is 14.4. The van der Waals surface area contributed by atoms with E-state index < -0.39 is 17.9 Å². The third kappa shape index (κ3) is 4.62. The molecule has 6 nitrogen and oxygen atoms in total. The van der Waals surface area contributed by atoms with Gasteiger partial charge in [0.2, 0.25) is 0 Å². The summed E-state index contributed by atoms with van der Waals surface area (Å²) < 4.78 is 5.09. The predicted molar refractivity (Wildman–Crippen MR) is 76.4 cm³/mol. The highest BCUT2D eigenvalue weighted by Crippen LogP contribution is 2.27. The summed E-state index contributed by atoms with van der Waals surface area (Å²) in [4.78, 5) is 22.6. The number of carbonyl (C=O) groups is 2. The molecule has 2 amide bonds. The summed E-state index contributed by atoms with van der Waals surface area (Å²) in [5.41, 5.74) is 0.417. The van der Waals surface area contributed by atoms with E-state index in [0.717, 1.165) is 0 Å². The van der Waals surface area contributed by atoms with E-state index in [1.54, 1.807) is 25.1 Å². The molecule has 1 atom stereocenters. The van der Waals surface area contributed by atoms with Crippen LogP contribution >= 0.6 is 11.6 Å². The van der Waals surface area contributed by atoms with Crippen molar-refractivity contribution in [2.24, 2.45) is 5.92 Å². The molecule has 0 saturated carbocycles. The van der Waals surface area contributed by atoms with E-state index in [0.29, 0.717) is 22.9 Å². The van der Waals surface area contributed by atoms with Gasteiger partial charge in [0.15, 0.2) is 0 Å². The maximum absolute atomic E-state index is 11.7. The van der Waals surface area contributed by atoms with Gasteiger partial charge in [-0.2, -0.15) is 0 Å². The number of nitrogens with one attached hydrogen (secondary N) is 2. The van der Waals surface area contributed by atoms with Crippen LogP contribution < -0.4 is 15.4 Å². The summed E-state index contributed by atoms with van der Waals surface area (Å²) in [6.07, 6.45) is 0.441. The molecule has 1 unspecified atom stereocenters. The van der Waals surface area contributed by atoms with Gasteiger partial charge in [0.25, 0.3) is 0 Å². The Hall–Kier alpha value is -1.95. The number of carbonyl (C=O) groups excluding carboxylic acids is 1. The third-order valence-corrected chi connectivity index (χ3v) is 3.00. The number of benzene rings is 1. The van der Waals surface area contributed by atoms with Gasteiger partial charge < -0.3 is 20.5 Å². The average Bonchev–Trinajstić information content (AvgIpc) is 2.39. The molecule has 0 aromatic heterocycles. The van der Waals surface area contributed by atoms with Crippen molar-refractivity contribution in [1.29, 1.82) is 0 Å². The topological polar surface area (TPSA) is 87.7 Å². The normalized spacial score (nSPS) is 11.6. The molecule has 0 spiro atoms. The van der Waals surface area contributed by atoms with E-state index >= 15 is 0 Å². The monoisotopic (exact) mass is 300 g/mol. The molecule has 0 aliphatic carbocycles. The Bertz CT molecular complexity index is 493. The van der Waals surface area contributed by atoms with Crippen molar-refractivity contribution in [3.05, 3.63) is 23.2 Å². The number of rotatable bonds is 6. The highest BCUT2D eigenvalue weighted by atomic mass is 35.5. The number of hydrogen-bond acceptors (Lipinski definition) is 3. The molecule has 0 aliphatic heterocycles. The smallest absolute Gasteiger partial charge is 0.319 e. The lowest BCUT2D eigenvalue weighted by molar-refractivity contribution is -0.141. The fourth-order valence-corrected chi connectivity index (χ4v) is 1.74. The molecular weight excluding hydrogens is 284 g/mol. The second-order valence-electron chi connectivity index (χ2n) is 4.12. The van der Waals surface area contributed by atoms with Crippen molar-refractivity contribution in [1.82, 2.24) is 5.32 Å². The van der Waals surface area contributed by atoms with Crippen LogP contribution in [-0.4, -0.2) is 30.8 Å². The second kappa shape index (κ2) is 7.59. The first kappa shape index (κ1) is 16.1. The molecular formula is C13H17ClN2O4. The summed E-state index contributed by atoms with van der Waals surface area (Å²) in [6.45, 7) is 1.80. The molecule has 110 valence electrons. The average molecular weight is 301 g/mol. The lowest BCUT2D eigenvalue weighted by Gasteiger charge is -2.13. The van der Waals surface area contributed by atoms with Crippen LogP contribution in [0, 0.1) is 5.92 Å². The Balaban J connectivity index is 2.62. The van der Waals surface area contributed by atoms with Crippen LogP contribution in [0.5, 0.6) is 5.75 Å². The molecule has 1 aromatic rings. The molecule has 1 aromatic carbocycles. The van der Waals surface area contributed by atoms with Crippen LogP contribution in [0.15, 0.2) is 18.2 Å². The number of carboxylic acids is 1. The SMILES string of the molecule is CCC(CNC(=O)Nc1cc(Cl)ccc1OC)C(=O)O. The minimum atomic E-state index is -0.937. The van der Waals surface area contributed by atoms with Crippen molar-refractivity contribution in [3.63, 3.8) is 0 Å². The first-order valence-electron chi connectivity index (χ1n) is 6.09. The standard InChI is InChI=1S/C13H17ClN2O4/c1-3-8(12(17)18)7-15-13(19)16-10-6-9(14)4-5-11(10)20-2/h4-6,8H,3,7H2,1-2H3,(H,17,18)(H2,15,16,19). The molecule has 0 heterocycles. The van der Waals surface area contributed by atoms with Crippen molar-refractivity contribution in [3.8, 4) is 5.75 Å². The fourth-order valence-electron chi connectivity index (χ4n) is 1.57.